The van der Waals surface area contributed by atoms with E-state index in [1.807, 2.05) is 0 Å². The highest BCUT2D eigenvalue weighted by Crippen LogP contribution is 2.60. The number of carbonyl (C=O) groups is 2. The van der Waals surface area contributed by atoms with Crippen molar-refractivity contribution in [3.63, 3.8) is 0 Å². The zero-order chi connectivity index (χ0) is 16.7. The number of rotatable bonds is 5. The van der Waals surface area contributed by atoms with Crippen LogP contribution in [0.25, 0.3) is 0 Å². The van der Waals surface area contributed by atoms with Gasteiger partial charge in [0.05, 0.1) is 18.9 Å². The molecule has 5 rings (SSSR count). The van der Waals surface area contributed by atoms with Gasteiger partial charge in [-0.15, -0.1) is 0 Å². The fourth-order valence-electron chi connectivity index (χ4n) is 6.66. The molecule has 0 saturated heterocycles. The van der Waals surface area contributed by atoms with Crippen molar-refractivity contribution in [2.45, 2.75) is 76.7 Å². The summed E-state index contributed by atoms with van der Waals surface area (Å²) >= 11 is 0. The van der Waals surface area contributed by atoms with Crippen LogP contribution >= 0.6 is 0 Å². The van der Waals surface area contributed by atoms with Crippen LogP contribution < -0.4 is 0 Å². The first-order valence-electron chi connectivity index (χ1n) is 9.97. The van der Waals surface area contributed by atoms with E-state index in [1.165, 1.54) is 39.2 Å². The summed E-state index contributed by atoms with van der Waals surface area (Å²) in [4.78, 5) is 27.4. The van der Waals surface area contributed by atoms with Gasteiger partial charge in [0.15, 0.2) is 0 Å². The van der Waals surface area contributed by atoms with Crippen LogP contribution in [0.2, 0.25) is 0 Å². The third kappa shape index (κ3) is 2.86. The van der Waals surface area contributed by atoms with Gasteiger partial charge in [-0.2, -0.15) is 0 Å². The maximum atomic E-state index is 13.7. The minimum absolute atomic E-state index is 0.0898. The van der Waals surface area contributed by atoms with Gasteiger partial charge in [0, 0.05) is 12.6 Å². The van der Waals surface area contributed by atoms with Crippen LogP contribution in [0.4, 0.5) is 0 Å². The monoisotopic (exact) mass is 333 g/mol. The highest BCUT2D eigenvalue weighted by Gasteiger charge is 2.56. The lowest BCUT2D eigenvalue weighted by Crippen LogP contribution is -2.56. The molecule has 5 fully saturated rings. The lowest BCUT2D eigenvalue weighted by Gasteiger charge is -2.57. The molecule has 0 N–H and O–H groups in total. The van der Waals surface area contributed by atoms with Crippen molar-refractivity contribution in [2.24, 2.45) is 23.2 Å². The second-order valence-electron chi connectivity index (χ2n) is 8.96. The smallest absolute Gasteiger partial charge is 0.307 e. The lowest BCUT2D eigenvalue weighted by molar-refractivity contribution is -0.160. The lowest BCUT2D eigenvalue weighted by atomic mass is 9.49. The van der Waals surface area contributed by atoms with Gasteiger partial charge in [0.2, 0.25) is 5.91 Å². The molecule has 0 heterocycles. The number of nitrogens with zero attached hydrogens (tertiary/aromatic N) is 1. The summed E-state index contributed by atoms with van der Waals surface area (Å²) in [6.07, 6.45) is 12.4. The van der Waals surface area contributed by atoms with E-state index in [0.29, 0.717) is 24.9 Å². The zero-order valence-corrected chi connectivity index (χ0v) is 15.0. The Morgan fingerprint density at radius 3 is 2.04 bits per heavy atom. The standard InChI is InChI=1S/C20H31NO3/c1-24-18(22)6-7-21(17-4-2-3-5-17)19(23)20-11-14-8-15(12-20)10-16(9-14)13-20/h14-17H,2-13H2,1H3. The van der Waals surface area contributed by atoms with Crippen molar-refractivity contribution < 1.29 is 14.3 Å². The number of hydrogen-bond donors (Lipinski definition) is 0. The molecule has 0 atom stereocenters. The van der Waals surface area contributed by atoms with Crippen molar-refractivity contribution >= 4 is 11.9 Å². The Morgan fingerprint density at radius 2 is 1.54 bits per heavy atom. The number of ether oxygens (including phenoxy) is 1. The Bertz CT molecular complexity index is 474. The molecule has 0 aromatic heterocycles. The fraction of sp³-hybridized carbons (Fsp3) is 0.900. The first kappa shape index (κ1) is 16.4. The number of hydrogen-bond acceptors (Lipinski definition) is 3. The summed E-state index contributed by atoms with van der Waals surface area (Å²) in [5.74, 6) is 2.54. The van der Waals surface area contributed by atoms with E-state index in [4.69, 9.17) is 4.74 Å². The summed E-state index contributed by atoms with van der Waals surface area (Å²) in [6.45, 7) is 0.553. The minimum atomic E-state index is -0.198. The third-order valence-electron chi connectivity index (χ3n) is 7.30. The molecule has 5 aliphatic carbocycles. The van der Waals surface area contributed by atoms with Gasteiger partial charge < -0.3 is 9.64 Å². The summed E-state index contributed by atoms with van der Waals surface area (Å²) in [5.41, 5.74) is -0.0898. The molecule has 1 amide bonds. The summed E-state index contributed by atoms with van der Waals surface area (Å²) in [5, 5.41) is 0. The van der Waals surface area contributed by atoms with Gasteiger partial charge >= 0.3 is 5.97 Å². The Hall–Kier alpha value is -1.06. The van der Waals surface area contributed by atoms with Crippen LogP contribution in [0.3, 0.4) is 0 Å². The van der Waals surface area contributed by atoms with Crippen molar-refractivity contribution in [3.05, 3.63) is 0 Å². The molecule has 5 aliphatic rings. The number of amides is 1. The third-order valence-corrected chi connectivity index (χ3v) is 7.30. The average molecular weight is 333 g/mol. The maximum absolute atomic E-state index is 13.7. The van der Waals surface area contributed by atoms with E-state index < -0.39 is 0 Å². The summed E-state index contributed by atoms with van der Waals surface area (Å²) in [7, 11) is 1.43. The second kappa shape index (κ2) is 6.34. The van der Waals surface area contributed by atoms with Crippen LogP contribution in [0.5, 0.6) is 0 Å². The van der Waals surface area contributed by atoms with E-state index >= 15 is 0 Å². The fourth-order valence-corrected chi connectivity index (χ4v) is 6.66. The molecule has 5 saturated carbocycles. The Balaban J connectivity index is 1.53. The molecule has 24 heavy (non-hydrogen) atoms. The average Bonchev–Trinajstić information content (AvgIpc) is 3.07. The van der Waals surface area contributed by atoms with E-state index in [0.717, 1.165) is 49.9 Å². The molecule has 134 valence electrons. The van der Waals surface area contributed by atoms with Crippen molar-refractivity contribution in [1.29, 1.82) is 0 Å². The van der Waals surface area contributed by atoms with Crippen LogP contribution in [0, 0.1) is 23.2 Å². The van der Waals surface area contributed by atoms with Gasteiger partial charge in [-0.3, -0.25) is 9.59 Å². The van der Waals surface area contributed by atoms with Crippen molar-refractivity contribution in [1.82, 2.24) is 4.90 Å². The van der Waals surface area contributed by atoms with Gasteiger partial charge in [0.25, 0.3) is 0 Å². The number of methoxy groups -OCH3 is 1. The predicted molar refractivity (Wildman–Crippen MR) is 91.2 cm³/mol. The minimum Gasteiger partial charge on any atom is -0.469 e. The Morgan fingerprint density at radius 1 is 1.00 bits per heavy atom. The van der Waals surface area contributed by atoms with Crippen LogP contribution in [0.15, 0.2) is 0 Å². The first-order chi connectivity index (χ1) is 11.6. The van der Waals surface area contributed by atoms with Gasteiger partial charge in [-0.05, 0) is 69.1 Å². The number of esters is 1. The first-order valence-corrected chi connectivity index (χ1v) is 9.97. The zero-order valence-electron chi connectivity index (χ0n) is 15.0. The SMILES string of the molecule is COC(=O)CCN(C(=O)C12CC3CC(CC(C3)C1)C2)C1CCCC1. The molecule has 0 aromatic rings. The van der Waals surface area contributed by atoms with E-state index in [2.05, 4.69) is 4.90 Å². The van der Waals surface area contributed by atoms with Crippen molar-refractivity contribution in [2.75, 3.05) is 13.7 Å². The Labute approximate surface area is 145 Å². The number of carbonyl (C=O) groups excluding carboxylic acids is 2. The van der Waals surface area contributed by atoms with Gasteiger partial charge in [0.1, 0.15) is 0 Å². The summed E-state index contributed by atoms with van der Waals surface area (Å²) < 4.78 is 4.82. The molecule has 0 aliphatic heterocycles. The molecule has 0 spiro atoms. The van der Waals surface area contributed by atoms with Crippen LogP contribution in [0.1, 0.15) is 70.6 Å². The molecule has 0 aromatic carbocycles. The van der Waals surface area contributed by atoms with E-state index in [-0.39, 0.29) is 11.4 Å². The summed E-state index contributed by atoms with van der Waals surface area (Å²) in [6, 6.07) is 0.357. The van der Waals surface area contributed by atoms with Crippen molar-refractivity contribution in [3.8, 4) is 0 Å². The molecule has 0 unspecified atom stereocenters. The molecular formula is C20H31NO3. The largest absolute Gasteiger partial charge is 0.469 e. The quantitative estimate of drug-likeness (QED) is 0.723. The highest BCUT2D eigenvalue weighted by atomic mass is 16.5. The van der Waals surface area contributed by atoms with Crippen LogP contribution in [-0.4, -0.2) is 36.5 Å². The van der Waals surface area contributed by atoms with Crippen LogP contribution in [-0.2, 0) is 14.3 Å². The molecule has 4 heteroatoms. The predicted octanol–water partition coefficient (Wildman–Crippen LogP) is 3.54. The normalized spacial score (nSPS) is 37.6. The molecule has 4 nitrogen and oxygen atoms in total. The Kier molecular flexibility index (Phi) is 4.34. The topological polar surface area (TPSA) is 46.6 Å². The van der Waals surface area contributed by atoms with Gasteiger partial charge in [-0.25, -0.2) is 0 Å². The van der Waals surface area contributed by atoms with Gasteiger partial charge in [-0.1, -0.05) is 12.8 Å². The van der Waals surface area contributed by atoms with E-state index in [9.17, 15) is 9.59 Å². The molecule has 0 radical (unpaired) electrons. The second-order valence-corrected chi connectivity index (χ2v) is 8.96. The maximum Gasteiger partial charge on any atom is 0.307 e. The van der Waals surface area contributed by atoms with E-state index in [1.54, 1.807) is 0 Å². The molecule has 4 bridgehead atoms. The highest BCUT2D eigenvalue weighted by molar-refractivity contribution is 5.84. The molecular weight excluding hydrogens is 302 g/mol.